The number of nitrogens with zero attached hydrogens (tertiary/aromatic N) is 1. The number of pyridine rings is 1. The number of benzene rings is 2. The molecule has 4 rings (SSSR count). The minimum atomic E-state index is -0.248. The smallest absolute Gasteiger partial charge is 0.257 e. The lowest BCUT2D eigenvalue weighted by atomic mass is 10.2. The first-order chi connectivity index (χ1) is 13.7. The van der Waals surface area contributed by atoms with Gasteiger partial charge in [-0.2, -0.15) is 0 Å². The van der Waals surface area contributed by atoms with Gasteiger partial charge in [-0.25, -0.2) is 4.98 Å². The van der Waals surface area contributed by atoms with Crippen molar-refractivity contribution in [2.45, 2.75) is 6.54 Å². The van der Waals surface area contributed by atoms with Gasteiger partial charge in [0.2, 0.25) is 6.79 Å². The van der Waals surface area contributed by atoms with E-state index in [1.807, 2.05) is 24.3 Å². The number of ether oxygens (including phenoxy) is 3. The van der Waals surface area contributed by atoms with Crippen molar-refractivity contribution in [3.05, 3.63) is 71.9 Å². The average Bonchev–Trinajstić information content (AvgIpc) is 3.20. The van der Waals surface area contributed by atoms with Gasteiger partial charge in [0.25, 0.3) is 5.91 Å². The number of aromatic nitrogens is 1. The van der Waals surface area contributed by atoms with Gasteiger partial charge in [0.1, 0.15) is 11.6 Å². The van der Waals surface area contributed by atoms with Gasteiger partial charge in [-0.15, -0.1) is 0 Å². The summed E-state index contributed by atoms with van der Waals surface area (Å²) >= 11 is 0. The Morgan fingerprint density at radius 1 is 1.11 bits per heavy atom. The van der Waals surface area contributed by atoms with Crippen LogP contribution in [0.15, 0.2) is 60.8 Å². The fourth-order valence-corrected chi connectivity index (χ4v) is 2.85. The normalized spacial score (nSPS) is 11.8. The third kappa shape index (κ3) is 3.83. The molecule has 2 N–H and O–H groups in total. The minimum absolute atomic E-state index is 0.194. The number of carbonyl (C=O) groups is 1. The summed E-state index contributed by atoms with van der Waals surface area (Å²) in [6, 6.07) is 16.5. The number of nitrogens with one attached hydrogen (secondary N) is 2. The van der Waals surface area contributed by atoms with E-state index in [0.717, 1.165) is 11.3 Å². The van der Waals surface area contributed by atoms with E-state index in [2.05, 4.69) is 15.6 Å². The molecule has 2 aromatic carbocycles. The number of hydrogen-bond acceptors (Lipinski definition) is 6. The standard InChI is InChI=1S/C21H19N3O4/c1-26-17-5-3-2-4-14(17)11-22-20-9-6-15(12-23-20)21(25)24-16-7-8-18-19(10-16)28-13-27-18/h2-10,12H,11,13H2,1H3,(H,22,23)(H,24,25). The topological polar surface area (TPSA) is 81.7 Å². The van der Waals surface area contributed by atoms with E-state index in [0.29, 0.717) is 35.1 Å². The van der Waals surface area contributed by atoms with Crippen LogP contribution in [0.3, 0.4) is 0 Å². The molecule has 0 spiro atoms. The van der Waals surface area contributed by atoms with E-state index in [1.165, 1.54) is 6.20 Å². The largest absolute Gasteiger partial charge is 0.496 e. The van der Waals surface area contributed by atoms with Crippen molar-refractivity contribution in [1.82, 2.24) is 4.98 Å². The first-order valence-electron chi connectivity index (χ1n) is 8.76. The molecule has 1 aromatic heterocycles. The molecule has 0 unspecified atom stereocenters. The predicted molar refractivity (Wildman–Crippen MR) is 105 cm³/mol. The number of hydrogen-bond donors (Lipinski definition) is 2. The van der Waals surface area contributed by atoms with Crippen LogP contribution in [0.25, 0.3) is 0 Å². The first kappa shape index (κ1) is 17.7. The fourth-order valence-electron chi connectivity index (χ4n) is 2.85. The van der Waals surface area contributed by atoms with Crippen LogP contribution in [-0.4, -0.2) is 24.8 Å². The second kappa shape index (κ2) is 7.87. The lowest BCUT2D eigenvalue weighted by Gasteiger charge is -2.10. The number of anilines is 2. The molecule has 7 nitrogen and oxygen atoms in total. The highest BCUT2D eigenvalue weighted by atomic mass is 16.7. The molecular weight excluding hydrogens is 358 g/mol. The van der Waals surface area contributed by atoms with Crippen LogP contribution in [0.1, 0.15) is 15.9 Å². The lowest BCUT2D eigenvalue weighted by Crippen LogP contribution is -2.12. The molecule has 2 heterocycles. The number of rotatable bonds is 6. The zero-order valence-corrected chi connectivity index (χ0v) is 15.3. The van der Waals surface area contributed by atoms with Crippen LogP contribution in [-0.2, 0) is 6.54 Å². The van der Waals surface area contributed by atoms with E-state index in [4.69, 9.17) is 14.2 Å². The van der Waals surface area contributed by atoms with Crippen molar-refractivity contribution in [3.8, 4) is 17.2 Å². The molecule has 0 fully saturated rings. The van der Waals surface area contributed by atoms with Gasteiger partial charge in [-0.1, -0.05) is 18.2 Å². The molecule has 0 saturated heterocycles. The molecule has 0 aliphatic carbocycles. The Hall–Kier alpha value is -3.74. The maximum Gasteiger partial charge on any atom is 0.257 e. The van der Waals surface area contributed by atoms with Gasteiger partial charge >= 0.3 is 0 Å². The summed E-state index contributed by atoms with van der Waals surface area (Å²) in [6.07, 6.45) is 1.53. The van der Waals surface area contributed by atoms with Crippen LogP contribution in [0.4, 0.5) is 11.5 Å². The second-order valence-corrected chi connectivity index (χ2v) is 6.12. The van der Waals surface area contributed by atoms with E-state index >= 15 is 0 Å². The highest BCUT2D eigenvalue weighted by Gasteiger charge is 2.15. The number of amides is 1. The van der Waals surface area contributed by atoms with Gasteiger partial charge in [-0.05, 0) is 30.3 Å². The first-order valence-corrected chi connectivity index (χ1v) is 8.76. The number of carbonyl (C=O) groups excluding carboxylic acids is 1. The molecule has 142 valence electrons. The Morgan fingerprint density at radius 3 is 2.79 bits per heavy atom. The molecule has 1 aliphatic heterocycles. The summed E-state index contributed by atoms with van der Waals surface area (Å²) < 4.78 is 15.9. The summed E-state index contributed by atoms with van der Waals surface area (Å²) in [4.78, 5) is 16.7. The third-order valence-electron chi connectivity index (χ3n) is 4.31. The Kier molecular flexibility index (Phi) is 4.97. The fraction of sp³-hybridized carbons (Fsp3) is 0.143. The van der Waals surface area contributed by atoms with Crippen LogP contribution >= 0.6 is 0 Å². The van der Waals surface area contributed by atoms with Crippen molar-refractivity contribution < 1.29 is 19.0 Å². The van der Waals surface area contributed by atoms with E-state index < -0.39 is 0 Å². The number of para-hydroxylation sites is 1. The SMILES string of the molecule is COc1ccccc1CNc1ccc(C(=O)Nc2ccc3c(c2)OCO3)cn1. The molecule has 7 heteroatoms. The summed E-state index contributed by atoms with van der Waals surface area (Å²) in [5, 5.41) is 6.06. The quantitative estimate of drug-likeness (QED) is 0.682. The van der Waals surface area contributed by atoms with E-state index in [-0.39, 0.29) is 12.7 Å². The minimum Gasteiger partial charge on any atom is -0.496 e. The molecule has 1 amide bonds. The van der Waals surface area contributed by atoms with Crippen LogP contribution in [0, 0.1) is 0 Å². The highest BCUT2D eigenvalue weighted by Crippen LogP contribution is 2.34. The second-order valence-electron chi connectivity index (χ2n) is 6.12. The van der Waals surface area contributed by atoms with Crippen molar-refractivity contribution >= 4 is 17.4 Å². The molecule has 28 heavy (non-hydrogen) atoms. The molecule has 0 saturated carbocycles. The highest BCUT2D eigenvalue weighted by molar-refractivity contribution is 6.04. The maximum atomic E-state index is 12.4. The van der Waals surface area contributed by atoms with E-state index in [1.54, 1.807) is 37.4 Å². The molecular formula is C21H19N3O4. The molecule has 0 radical (unpaired) electrons. The lowest BCUT2D eigenvalue weighted by molar-refractivity contribution is 0.102. The molecule has 3 aromatic rings. The third-order valence-corrected chi connectivity index (χ3v) is 4.31. The maximum absolute atomic E-state index is 12.4. The zero-order chi connectivity index (χ0) is 19.3. The van der Waals surface area contributed by atoms with Gasteiger partial charge in [0.15, 0.2) is 11.5 Å². The number of fused-ring (bicyclic) bond motifs is 1. The molecule has 0 atom stereocenters. The molecule has 0 bridgehead atoms. The Balaban J connectivity index is 1.38. The Labute approximate surface area is 162 Å². The monoisotopic (exact) mass is 377 g/mol. The summed E-state index contributed by atoms with van der Waals surface area (Å²) in [7, 11) is 1.64. The van der Waals surface area contributed by atoms with Gasteiger partial charge in [0, 0.05) is 30.1 Å². The van der Waals surface area contributed by atoms with Crippen LogP contribution < -0.4 is 24.8 Å². The van der Waals surface area contributed by atoms with Gasteiger partial charge < -0.3 is 24.8 Å². The summed E-state index contributed by atoms with van der Waals surface area (Å²) in [6.45, 7) is 0.764. The van der Waals surface area contributed by atoms with Crippen LogP contribution in [0.2, 0.25) is 0 Å². The van der Waals surface area contributed by atoms with E-state index in [9.17, 15) is 4.79 Å². The van der Waals surface area contributed by atoms with Crippen molar-refractivity contribution in [3.63, 3.8) is 0 Å². The van der Waals surface area contributed by atoms with Crippen molar-refractivity contribution in [2.24, 2.45) is 0 Å². The van der Waals surface area contributed by atoms with Gasteiger partial charge in [-0.3, -0.25) is 4.79 Å². The molecule has 1 aliphatic rings. The Bertz CT molecular complexity index is 989. The zero-order valence-electron chi connectivity index (χ0n) is 15.3. The average molecular weight is 377 g/mol. The van der Waals surface area contributed by atoms with Gasteiger partial charge in [0.05, 0.1) is 12.7 Å². The van der Waals surface area contributed by atoms with Crippen molar-refractivity contribution in [2.75, 3.05) is 24.5 Å². The summed E-state index contributed by atoms with van der Waals surface area (Å²) in [5.41, 5.74) is 2.12. The summed E-state index contributed by atoms with van der Waals surface area (Å²) in [5.74, 6) is 2.53. The predicted octanol–water partition coefficient (Wildman–Crippen LogP) is 3.68. The van der Waals surface area contributed by atoms with Crippen molar-refractivity contribution in [1.29, 1.82) is 0 Å². The number of methoxy groups -OCH3 is 1. The van der Waals surface area contributed by atoms with Crippen LogP contribution in [0.5, 0.6) is 17.2 Å². The Morgan fingerprint density at radius 2 is 1.96 bits per heavy atom.